The minimum atomic E-state index is -0.732. The molecule has 3 aromatic heterocycles. The smallest absolute Gasteiger partial charge is 0.213 e. The normalized spacial score (nSPS) is 13.3. The SMILES string of the molecule is CC(O)c1ccc(Oc2cc3c4nc5nc(nc6c7ccccc7c(nc7nc(nc([nH]4)c3c(Oc3ccc(C(C)O)cc3)c2Oc2ccc(C(C)O)cc2)-c2ccccc2-7)n6Oc2ccc(C(C)O)cc2)-c2ccccc2-5)cc1. The molecular weight excluding hydrogens is 1010 g/mol. The Hall–Kier alpha value is -9.84. The Bertz CT molecular complexity index is 4370. The molecule has 5 heterocycles. The predicted molar refractivity (Wildman–Crippen MR) is 304 cm³/mol. The molecule has 13 rings (SSSR count). The second kappa shape index (κ2) is 20.2. The summed E-state index contributed by atoms with van der Waals surface area (Å²) in [6.07, 6.45) is -2.84. The zero-order valence-corrected chi connectivity index (χ0v) is 43.6. The highest BCUT2D eigenvalue weighted by Crippen LogP contribution is 2.51. The molecule has 8 bridgehead atoms. The van der Waals surface area contributed by atoms with Crippen LogP contribution in [0.3, 0.4) is 0 Å². The van der Waals surface area contributed by atoms with E-state index in [0.29, 0.717) is 119 Å². The van der Waals surface area contributed by atoms with E-state index in [1.807, 2.05) is 91.0 Å². The number of benzene rings is 8. The first-order valence-electron chi connectivity index (χ1n) is 26.1. The van der Waals surface area contributed by atoms with E-state index < -0.39 is 24.4 Å². The third kappa shape index (κ3) is 9.16. The van der Waals surface area contributed by atoms with Crippen LogP contribution in [0.15, 0.2) is 176 Å². The Balaban J connectivity index is 1.16. The number of hydrogen-bond donors (Lipinski definition) is 5. The van der Waals surface area contributed by atoms with Gasteiger partial charge in [0.2, 0.25) is 5.75 Å². The molecule has 4 atom stereocenters. The van der Waals surface area contributed by atoms with Crippen molar-refractivity contribution in [3.63, 3.8) is 0 Å². The number of rotatable bonds is 12. The van der Waals surface area contributed by atoms with E-state index in [2.05, 4.69) is 4.98 Å². The average Bonchev–Trinajstić information content (AvgIpc) is 4.35. The number of ether oxygens (including phenoxy) is 3. The van der Waals surface area contributed by atoms with Gasteiger partial charge >= 0.3 is 0 Å². The highest BCUT2D eigenvalue weighted by atomic mass is 16.7. The molecule has 80 heavy (non-hydrogen) atoms. The van der Waals surface area contributed by atoms with Crippen LogP contribution in [0, 0.1) is 0 Å². The summed E-state index contributed by atoms with van der Waals surface area (Å²) in [7, 11) is 0. The minimum absolute atomic E-state index is 0.159. The molecule has 11 aromatic rings. The standard InChI is InChI=1S/C64H50N8O8/c1-34(73)38-17-25-42(26-18-38)77-53-33-52-54(56(79-44-29-21-40(22-30-44)36(3)75)55(53)78-43-27-19-39(20-28-43)35(2)74)62-68-58-47-12-6-8-14-49(47)60(66-58)71-64-51-16-10-9-15-50(51)63(72(64)80-45-31-23-41(24-32-45)37(4)76)70-59-48-13-7-5-11-46(48)57(65-59)67-61(52)69-62/h5-37,73-76H,1-4H3,(H,65,66,67,68,69,70,71). The van der Waals surface area contributed by atoms with Gasteiger partial charge in [-0.1, -0.05) is 121 Å². The van der Waals surface area contributed by atoms with Crippen LogP contribution in [-0.2, 0) is 0 Å². The first-order valence-corrected chi connectivity index (χ1v) is 26.1. The zero-order valence-electron chi connectivity index (χ0n) is 43.6. The number of hydrogen-bond acceptors (Lipinski definition) is 14. The van der Waals surface area contributed by atoms with Gasteiger partial charge in [-0.15, -0.1) is 4.73 Å². The maximum atomic E-state index is 10.5. The highest BCUT2D eigenvalue weighted by molar-refractivity contribution is 6.11. The second-order valence-electron chi connectivity index (χ2n) is 19.7. The van der Waals surface area contributed by atoms with E-state index in [1.165, 1.54) is 0 Å². The van der Waals surface area contributed by atoms with Crippen LogP contribution < -0.4 is 19.0 Å². The largest absolute Gasteiger partial charge is 0.453 e. The fourth-order valence-electron chi connectivity index (χ4n) is 9.87. The third-order valence-electron chi connectivity index (χ3n) is 14.1. The maximum Gasteiger partial charge on any atom is 0.213 e. The number of aromatic nitrogens is 8. The van der Waals surface area contributed by atoms with Crippen LogP contribution in [0.1, 0.15) is 74.4 Å². The van der Waals surface area contributed by atoms with Gasteiger partial charge in [-0.05, 0) is 105 Å². The van der Waals surface area contributed by atoms with Crippen molar-refractivity contribution in [1.29, 1.82) is 0 Å². The van der Waals surface area contributed by atoms with E-state index in [4.69, 9.17) is 49.0 Å². The molecule has 8 aromatic carbocycles. The maximum absolute atomic E-state index is 10.5. The molecular formula is C64H50N8O8. The number of aliphatic hydroxyl groups excluding tert-OH is 4. The van der Waals surface area contributed by atoms with Crippen molar-refractivity contribution in [1.82, 2.24) is 39.6 Å². The van der Waals surface area contributed by atoms with Gasteiger partial charge in [0.15, 0.2) is 51.8 Å². The van der Waals surface area contributed by atoms with Gasteiger partial charge in [0.25, 0.3) is 0 Å². The summed E-state index contributed by atoms with van der Waals surface area (Å²) in [4.78, 5) is 42.1. The Morgan fingerprint density at radius 2 is 0.738 bits per heavy atom. The minimum Gasteiger partial charge on any atom is -0.453 e. The molecule has 2 aliphatic rings. The van der Waals surface area contributed by atoms with Gasteiger partial charge in [0.1, 0.15) is 28.5 Å². The monoisotopic (exact) mass is 1060 g/mol. The van der Waals surface area contributed by atoms with Gasteiger partial charge < -0.3 is 44.5 Å². The van der Waals surface area contributed by atoms with E-state index in [9.17, 15) is 20.4 Å². The number of H-pyrrole nitrogens is 1. The van der Waals surface area contributed by atoms with E-state index in [-0.39, 0.29) is 17.2 Å². The van der Waals surface area contributed by atoms with Gasteiger partial charge in [-0.3, -0.25) is 0 Å². The lowest BCUT2D eigenvalue weighted by Crippen LogP contribution is -2.07. The average molecular weight is 1060 g/mol. The van der Waals surface area contributed by atoms with Gasteiger partial charge in [-0.2, -0.15) is 0 Å². The van der Waals surface area contributed by atoms with Crippen molar-refractivity contribution in [2.75, 3.05) is 0 Å². The molecule has 0 spiro atoms. The topological polar surface area (TPSA) is 216 Å². The van der Waals surface area contributed by atoms with Crippen molar-refractivity contribution in [2.45, 2.75) is 52.1 Å². The van der Waals surface area contributed by atoms with Crippen LogP contribution in [-0.4, -0.2) is 60.0 Å². The lowest BCUT2D eigenvalue weighted by molar-refractivity contribution is 0.198. The number of aliphatic hydroxyl groups is 4. The Morgan fingerprint density at radius 3 is 1.16 bits per heavy atom. The van der Waals surface area contributed by atoms with Crippen LogP contribution in [0.5, 0.6) is 40.2 Å². The molecule has 5 N–H and O–H groups in total. The number of aromatic amines is 1. The molecule has 0 saturated heterocycles. The fourth-order valence-corrected chi connectivity index (χ4v) is 9.87. The Kier molecular flexibility index (Phi) is 12.5. The third-order valence-corrected chi connectivity index (χ3v) is 14.1. The van der Waals surface area contributed by atoms with Crippen molar-refractivity contribution in [3.05, 3.63) is 198 Å². The van der Waals surface area contributed by atoms with Crippen LogP contribution >= 0.6 is 0 Å². The summed E-state index contributed by atoms with van der Waals surface area (Å²) in [6.45, 7) is 6.79. The fraction of sp³-hybridized carbons (Fsp3) is 0.125. The van der Waals surface area contributed by atoms with Crippen LogP contribution in [0.2, 0.25) is 0 Å². The summed E-state index contributed by atoms with van der Waals surface area (Å²) < 4.78 is 22.4. The summed E-state index contributed by atoms with van der Waals surface area (Å²) >= 11 is 0. The molecule has 394 valence electrons. The number of nitrogens with one attached hydrogen (secondary N) is 1. The Labute approximate surface area is 457 Å². The van der Waals surface area contributed by atoms with Gasteiger partial charge in [0.05, 0.1) is 29.8 Å². The molecule has 4 unspecified atom stereocenters. The van der Waals surface area contributed by atoms with Crippen molar-refractivity contribution < 1.29 is 39.5 Å². The molecule has 0 radical (unpaired) electrons. The quantitative estimate of drug-likeness (QED) is 0.0770. The number of fused-ring (bicyclic) bond motifs is 20. The van der Waals surface area contributed by atoms with E-state index >= 15 is 0 Å². The molecule has 0 amide bonds. The van der Waals surface area contributed by atoms with Crippen molar-refractivity contribution >= 4 is 44.1 Å². The van der Waals surface area contributed by atoms with Crippen molar-refractivity contribution in [2.24, 2.45) is 0 Å². The molecule has 16 heteroatoms. The van der Waals surface area contributed by atoms with Gasteiger partial charge in [0, 0.05) is 38.4 Å². The molecule has 0 fully saturated rings. The Morgan fingerprint density at radius 1 is 0.375 bits per heavy atom. The summed E-state index contributed by atoms with van der Waals surface area (Å²) in [6, 6.07) is 53.5. The summed E-state index contributed by atoms with van der Waals surface area (Å²) in [5, 5.41) is 44.2. The van der Waals surface area contributed by atoms with Gasteiger partial charge in [-0.25, -0.2) is 29.9 Å². The second-order valence-corrected chi connectivity index (χ2v) is 19.7. The van der Waals surface area contributed by atoms with E-state index in [0.717, 1.165) is 16.3 Å². The molecule has 0 saturated carbocycles. The van der Waals surface area contributed by atoms with Crippen molar-refractivity contribution in [3.8, 4) is 85.8 Å². The summed E-state index contributed by atoms with van der Waals surface area (Å²) in [5.41, 5.74) is 7.05. The van der Waals surface area contributed by atoms with Crippen LogP contribution in [0.4, 0.5) is 0 Å². The lowest BCUT2D eigenvalue weighted by atomic mass is 10.1. The predicted octanol–water partition coefficient (Wildman–Crippen LogP) is 13.8. The zero-order chi connectivity index (χ0) is 54.8. The van der Waals surface area contributed by atoms with Crippen LogP contribution in [0.25, 0.3) is 89.7 Å². The molecule has 0 aliphatic carbocycles. The first kappa shape index (κ1) is 49.7. The first-order chi connectivity index (χ1) is 38.9. The summed E-state index contributed by atoms with van der Waals surface area (Å²) in [5.74, 6) is 3.65. The highest BCUT2D eigenvalue weighted by Gasteiger charge is 2.28. The molecule has 2 aliphatic heterocycles. The van der Waals surface area contributed by atoms with E-state index in [1.54, 1.807) is 117 Å². The number of nitrogens with zero attached hydrogens (tertiary/aromatic N) is 7. The molecule has 16 nitrogen and oxygen atoms in total. The lowest BCUT2D eigenvalue weighted by Gasteiger charge is -2.19.